The number of nitrogens with zero attached hydrogens (tertiary/aromatic N) is 5. The lowest BCUT2D eigenvalue weighted by atomic mass is 10.1. The molecule has 0 atom stereocenters. The lowest BCUT2D eigenvalue weighted by Gasteiger charge is -2.09. The van der Waals surface area contributed by atoms with E-state index in [1.165, 1.54) is 9.13 Å². The number of hydrogen-bond donors (Lipinski definition) is 1. The van der Waals surface area contributed by atoms with Gasteiger partial charge in [-0.2, -0.15) is 4.98 Å². The molecule has 32 heavy (non-hydrogen) atoms. The highest BCUT2D eigenvalue weighted by Gasteiger charge is 2.24. The molecule has 1 N–H and O–H groups in total. The van der Waals surface area contributed by atoms with Crippen molar-refractivity contribution in [2.24, 2.45) is 7.05 Å². The minimum atomic E-state index is -0.424. The number of phenolic OH excluding ortho intramolecular Hbond substituents is 1. The van der Waals surface area contributed by atoms with Crippen molar-refractivity contribution in [3.8, 4) is 11.4 Å². The van der Waals surface area contributed by atoms with Gasteiger partial charge >= 0.3 is 5.69 Å². The van der Waals surface area contributed by atoms with E-state index in [0.29, 0.717) is 22.6 Å². The van der Waals surface area contributed by atoms with Crippen molar-refractivity contribution in [1.82, 2.24) is 23.1 Å². The van der Waals surface area contributed by atoms with E-state index < -0.39 is 11.2 Å². The summed E-state index contributed by atoms with van der Waals surface area (Å²) in [7, 11) is 1.62. The predicted octanol–water partition coefficient (Wildman–Crippen LogP) is 2.82. The molecule has 0 aliphatic carbocycles. The second-order valence-electron chi connectivity index (χ2n) is 8.13. The van der Waals surface area contributed by atoms with Crippen molar-refractivity contribution in [3.05, 3.63) is 91.9 Å². The Morgan fingerprint density at radius 2 is 1.62 bits per heavy atom. The maximum absolute atomic E-state index is 13.6. The Morgan fingerprint density at radius 3 is 2.31 bits per heavy atom. The number of benzene rings is 2. The lowest BCUT2D eigenvalue weighted by Crippen LogP contribution is -2.39. The first-order valence-corrected chi connectivity index (χ1v) is 10.3. The molecule has 3 aromatic heterocycles. The maximum Gasteiger partial charge on any atom is 0.332 e. The zero-order chi connectivity index (χ0) is 22.7. The van der Waals surface area contributed by atoms with Crippen molar-refractivity contribution >= 4 is 16.9 Å². The van der Waals surface area contributed by atoms with Gasteiger partial charge < -0.3 is 5.11 Å². The van der Waals surface area contributed by atoms with Crippen LogP contribution in [-0.4, -0.2) is 28.2 Å². The topological polar surface area (TPSA) is 86.5 Å². The molecule has 5 rings (SSSR count). The Labute approximate surface area is 183 Å². The van der Waals surface area contributed by atoms with Gasteiger partial charge in [-0.1, -0.05) is 42.0 Å². The van der Waals surface area contributed by atoms with Crippen molar-refractivity contribution in [2.75, 3.05) is 0 Å². The molecular formula is C24H23N5O3. The zero-order valence-corrected chi connectivity index (χ0v) is 18.3. The highest BCUT2D eigenvalue weighted by atomic mass is 16.3. The molecule has 0 bridgehead atoms. The van der Waals surface area contributed by atoms with Crippen LogP contribution in [0.4, 0.5) is 0 Å². The molecule has 0 amide bonds. The number of aromatic nitrogens is 5. The van der Waals surface area contributed by atoms with Crippen molar-refractivity contribution in [2.45, 2.75) is 27.3 Å². The van der Waals surface area contributed by atoms with E-state index in [4.69, 9.17) is 0 Å². The van der Waals surface area contributed by atoms with Gasteiger partial charge in [-0.25, -0.2) is 4.79 Å². The van der Waals surface area contributed by atoms with Gasteiger partial charge in [-0.3, -0.25) is 22.9 Å². The molecular weight excluding hydrogens is 406 g/mol. The van der Waals surface area contributed by atoms with Crippen LogP contribution < -0.4 is 11.2 Å². The Kier molecular flexibility index (Phi) is 4.33. The molecule has 162 valence electrons. The maximum atomic E-state index is 13.6. The largest absolute Gasteiger partial charge is 0.506 e. The van der Waals surface area contributed by atoms with Gasteiger partial charge in [0.25, 0.3) is 5.56 Å². The third kappa shape index (κ3) is 2.72. The van der Waals surface area contributed by atoms with Crippen LogP contribution in [0.25, 0.3) is 22.6 Å². The third-order valence-electron chi connectivity index (χ3n) is 6.10. The monoisotopic (exact) mass is 429 g/mol. The molecule has 0 saturated heterocycles. The van der Waals surface area contributed by atoms with E-state index in [1.807, 2.05) is 51.1 Å². The predicted molar refractivity (Wildman–Crippen MR) is 123 cm³/mol. The van der Waals surface area contributed by atoms with Crippen LogP contribution in [0.5, 0.6) is 5.75 Å². The second-order valence-corrected chi connectivity index (χ2v) is 8.13. The smallest absolute Gasteiger partial charge is 0.332 e. The lowest BCUT2D eigenvalue weighted by molar-refractivity contribution is 0.472. The van der Waals surface area contributed by atoms with Crippen molar-refractivity contribution in [3.63, 3.8) is 0 Å². The molecule has 8 nitrogen and oxygen atoms in total. The van der Waals surface area contributed by atoms with Gasteiger partial charge in [0.2, 0.25) is 5.78 Å². The molecule has 0 unspecified atom stereocenters. The summed E-state index contributed by atoms with van der Waals surface area (Å²) in [4.78, 5) is 31.3. The average molecular weight is 429 g/mol. The van der Waals surface area contributed by atoms with E-state index in [1.54, 1.807) is 34.2 Å². The normalized spacial score (nSPS) is 11.6. The Balaban J connectivity index is 1.85. The fourth-order valence-corrected chi connectivity index (χ4v) is 4.21. The third-order valence-corrected chi connectivity index (χ3v) is 6.10. The number of rotatable bonds is 3. The van der Waals surface area contributed by atoms with Gasteiger partial charge in [-0.05, 0) is 38.5 Å². The van der Waals surface area contributed by atoms with Crippen LogP contribution in [0.1, 0.15) is 22.5 Å². The first-order valence-electron chi connectivity index (χ1n) is 10.3. The summed E-state index contributed by atoms with van der Waals surface area (Å²) >= 11 is 0. The Morgan fingerprint density at radius 1 is 0.938 bits per heavy atom. The van der Waals surface area contributed by atoms with E-state index in [0.717, 1.165) is 22.5 Å². The van der Waals surface area contributed by atoms with Crippen LogP contribution in [0.15, 0.2) is 58.1 Å². The summed E-state index contributed by atoms with van der Waals surface area (Å²) in [5, 5.41) is 10.4. The SMILES string of the molecule is Cc1ccc(Cn2c(=O)c3c(nc4n(-c5ccccc5O)c(C)c(C)n34)n(C)c2=O)cc1. The van der Waals surface area contributed by atoms with Crippen molar-refractivity contribution in [1.29, 1.82) is 0 Å². The fourth-order valence-electron chi connectivity index (χ4n) is 4.21. The molecule has 3 heterocycles. The van der Waals surface area contributed by atoms with E-state index in [9.17, 15) is 14.7 Å². The summed E-state index contributed by atoms with van der Waals surface area (Å²) in [6, 6.07) is 14.7. The molecule has 8 heteroatoms. The first-order chi connectivity index (χ1) is 15.3. The molecule has 0 aliphatic heterocycles. The Hall–Kier alpha value is -4.07. The number of imidazole rings is 2. The van der Waals surface area contributed by atoms with Gasteiger partial charge in [0, 0.05) is 18.4 Å². The number of aromatic hydroxyl groups is 1. The van der Waals surface area contributed by atoms with Crippen LogP contribution >= 0.6 is 0 Å². The molecule has 0 saturated carbocycles. The minimum absolute atomic E-state index is 0.103. The average Bonchev–Trinajstić information content (AvgIpc) is 3.27. The minimum Gasteiger partial charge on any atom is -0.506 e. The van der Waals surface area contributed by atoms with E-state index in [2.05, 4.69) is 4.98 Å². The zero-order valence-electron chi connectivity index (χ0n) is 18.3. The summed E-state index contributed by atoms with van der Waals surface area (Å²) in [5.41, 5.74) is 4.02. The molecule has 5 aromatic rings. The molecule has 0 fully saturated rings. The van der Waals surface area contributed by atoms with E-state index >= 15 is 0 Å². The number of phenols is 1. The number of hydrogen-bond acceptors (Lipinski definition) is 4. The summed E-state index contributed by atoms with van der Waals surface area (Å²) in [5.74, 6) is 0.572. The molecule has 2 aromatic carbocycles. The number of aryl methyl sites for hydroxylation is 3. The van der Waals surface area contributed by atoms with Crippen LogP contribution in [0, 0.1) is 20.8 Å². The van der Waals surface area contributed by atoms with Gasteiger partial charge in [0.1, 0.15) is 5.75 Å². The highest BCUT2D eigenvalue weighted by Crippen LogP contribution is 2.29. The summed E-state index contributed by atoms with van der Waals surface area (Å²) in [6.07, 6.45) is 0. The second kappa shape index (κ2) is 6.98. The molecule has 0 radical (unpaired) electrons. The van der Waals surface area contributed by atoms with Crippen molar-refractivity contribution < 1.29 is 5.11 Å². The van der Waals surface area contributed by atoms with Gasteiger partial charge in [-0.15, -0.1) is 0 Å². The number of para-hydroxylation sites is 2. The van der Waals surface area contributed by atoms with Crippen LogP contribution in [0.2, 0.25) is 0 Å². The van der Waals surface area contributed by atoms with Crippen LogP contribution in [-0.2, 0) is 13.6 Å². The number of fused-ring (bicyclic) bond motifs is 3. The fraction of sp³-hybridized carbons (Fsp3) is 0.208. The summed E-state index contributed by atoms with van der Waals surface area (Å²) < 4.78 is 6.22. The highest BCUT2D eigenvalue weighted by molar-refractivity contribution is 5.77. The van der Waals surface area contributed by atoms with Crippen LogP contribution in [0.3, 0.4) is 0 Å². The van der Waals surface area contributed by atoms with E-state index in [-0.39, 0.29) is 12.3 Å². The standard InChI is InChI=1S/C24H23N5O3/c1-14-9-11-17(12-10-14)13-27-22(31)20-21(26(4)24(27)32)25-23-28(15(2)16(3)29(20)23)18-7-5-6-8-19(18)30/h5-12,30H,13H2,1-4H3. The first kappa shape index (κ1) is 19.9. The molecule has 0 aliphatic rings. The summed E-state index contributed by atoms with van der Waals surface area (Å²) in [6.45, 7) is 5.97. The van der Waals surface area contributed by atoms with Gasteiger partial charge in [0.15, 0.2) is 11.2 Å². The quantitative estimate of drug-likeness (QED) is 0.478. The molecule has 0 spiro atoms. The Bertz CT molecular complexity index is 1630. The van der Waals surface area contributed by atoms with Gasteiger partial charge in [0.05, 0.1) is 12.2 Å².